The Bertz CT molecular complexity index is 1970. The van der Waals surface area contributed by atoms with Crippen LogP contribution in [0.25, 0.3) is 0 Å². The highest BCUT2D eigenvalue weighted by Gasteiger charge is 2.33. The molecule has 1 aliphatic heterocycles. The molecule has 1 fully saturated rings. The third-order valence-electron chi connectivity index (χ3n) is 9.74. The molecule has 4 rings (SSSR count). The minimum absolute atomic E-state index is 0.0127. The molecule has 3 aromatic rings. The van der Waals surface area contributed by atoms with E-state index in [2.05, 4.69) is 36.9 Å². The van der Waals surface area contributed by atoms with Crippen molar-refractivity contribution in [2.75, 3.05) is 39.3 Å². The van der Waals surface area contributed by atoms with Crippen molar-refractivity contribution >= 4 is 47.3 Å². The summed E-state index contributed by atoms with van der Waals surface area (Å²) in [6, 6.07) is 19.7. The fourth-order valence-corrected chi connectivity index (χ4v) is 6.19. The lowest BCUT2D eigenvalue weighted by atomic mass is 10.0. The van der Waals surface area contributed by atoms with Crippen LogP contribution in [0.5, 0.6) is 0 Å². The summed E-state index contributed by atoms with van der Waals surface area (Å²) >= 11 is 0. The fourth-order valence-electron chi connectivity index (χ4n) is 6.19. The molecular formula is C42H55N11O8. The Morgan fingerprint density at radius 1 is 0.590 bits per heavy atom. The molecule has 19 nitrogen and oxygen atoms in total. The number of hydrogen-bond acceptors (Lipinski definition) is 10. The van der Waals surface area contributed by atoms with E-state index >= 15 is 0 Å². The van der Waals surface area contributed by atoms with Gasteiger partial charge < -0.3 is 59.1 Å². The second-order valence-corrected chi connectivity index (χ2v) is 14.4. The molecule has 1 heterocycles. The van der Waals surface area contributed by atoms with Crippen molar-refractivity contribution in [3.63, 3.8) is 0 Å². The summed E-state index contributed by atoms with van der Waals surface area (Å²) in [5.74, 6) is -5.12. The van der Waals surface area contributed by atoms with E-state index in [4.69, 9.17) is 17.2 Å². The van der Waals surface area contributed by atoms with Gasteiger partial charge in [0.2, 0.25) is 41.4 Å². The summed E-state index contributed by atoms with van der Waals surface area (Å²) in [7, 11) is 0. The maximum Gasteiger partial charge on any atom is 0.245 e. The van der Waals surface area contributed by atoms with E-state index in [9.17, 15) is 38.7 Å². The average Bonchev–Trinajstić information content (AvgIpc) is 3.23. The topological polar surface area (TPSA) is 306 Å². The maximum atomic E-state index is 14.2. The number of nitrogens with zero attached hydrogens (tertiary/aromatic N) is 2. The summed E-state index contributed by atoms with van der Waals surface area (Å²) < 4.78 is 0. The summed E-state index contributed by atoms with van der Waals surface area (Å²) in [6.07, 6.45) is 0.919. The van der Waals surface area contributed by atoms with Gasteiger partial charge in [0, 0.05) is 38.9 Å². The summed E-state index contributed by atoms with van der Waals surface area (Å²) in [5.41, 5.74) is 19.1. The number of guanidine groups is 1. The summed E-state index contributed by atoms with van der Waals surface area (Å²) in [6.45, 7) is -0.213. The second kappa shape index (κ2) is 24.3. The van der Waals surface area contributed by atoms with E-state index in [0.717, 1.165) is 25.1 Å². The lowest BCUT2D eigenvalue weighted by Crippen LogP contribution is -2.60. The number of aliphatic hydroxyl groups excluding tert-OH is 1. The van der Waals surface area contributed by atoms with Crippen molar-refractivity contribution in [2.24, 2.45) is 22.2 Å². The van der Waals surface area contributed by atoms with E-state index < -0.39 is 84.7 Å². The number of nitrogens with two attached hydrogens (primary N) is 3. The summed E-state index contributed by atoms with van der Waals surface area (Å²) in [4.78, 5) is 98.5. The average molecular weight is 842 g/mol. The zero-order chi connectivity index (χ0) is 44.1. The molecule has 7 amide bonds. The number of likely N-dealkylation sites (tertiary alicyclic amines) is 1. The van der Waals surface area contributed by atoms with Gasteiger partial charge in [0.15, 0.2) is 5.96 Å². The monoisotopic (exact) mass is 841 g/mol. The van der Waals surface area contributed by atoms with E-state index in [1.165, 1.54) is 0 Å². The van der Waals surface area contributed by atoms with Crippen molar-refractivity contribution < 1.29 is 38.7 Å². The largest absolute Gasteiger partial charge is 0.394 e. The van der Waals surface area contributed by atoms with Gasteiger partial charge >= 0.3 is 0 Å². The number of benzene rings is 3. The van der Waals surface area contributed by atoms with Crippen LogP contribution < -0.4 is 49.1 Å². The molecule has 0 bridgehead atoms. The van der Waals surface area contributed by atoms with Crippen molar-refractivity contribution in [1.29, 1.82) is 0 Å². The molecule has 61 heavy (non-hydrogen) atoms. The van der Waals surface area contributed by atoms with Gasteiger partial charge in [-0.3, -0.25) is 38.6 Å². The lowest BCUT2D eigenvalue weighted by Gasteiger charge is -2.31. The van der Waals surface area contributed by atoms with Crippen LogP contribution in [0.4, 0.5) is 0 Å². The smallest absolute Gasteiger partial charge is 0.245 e. The highest BCUT2D eigenvalue weighted by Crippen LogP contribution is 2.10. The second-order valence-electron chi connectivity index (χ2n) is 14.4. The Morgan fingerprint density at radius 2 is 1.02 bits per heavy atom. The quantitative estimate of drug-likeness (QED) is 0.0341. The van der Waals surface area contributed by atoms with Crippen LogP contribution in [0.1, 0.15) is 29.5 Å². The molecule has 0 saturated carbocycles. The molecule has 13 N–H and O–H groups in total. The van der Waals surface area contributed by atoms with Crippen LogP contribution in [-0.4, -0.2) is 127 Å². The number of hydrogen-bond donors (Lipinski definition) is 10. The molecule has 0 aliphatic carbocycles. The van der Waals surface area contributed by atoms with E-state index in [1.807, 2.05) is 4.90 Å². The molecule has 0 aromatic heterocycles. The SMILES string of the molecule is NCC(=O)NCC(=O)N[C@@H](Cc1ccccc1)C(=O)N[C@@H](CO)C(=O)N[C@@H](Cc1ccccc1)C(=O)N[C@@H](CCN=C(N)N1CCC1)C(=O)N[C@@H](Cc1ccccc1)C(N)=O. The highest BCUT2D eigenvalue weighted by molar-refractivity contribution is 5.97. The van der Waals surface area contributed by atoms with Gasteiger partial charge in [-0.25, -0.2) is 0 Å². The number of carbonyl (C=O) groups excluding carboxylic acids is 7. The fraction of sp³-hybridized carbons (Fsp3) is 0.381. The van der Waals surface area contributed by atoms with Crippen molar-refractivity contribution in [1.82, 2.24) is 36.8 Å². The van der Waals surface area contributed by atoms with Gasteiger partial charge in [-0.15, -0.1) is 0 Å². The number of aliphatic hydroxyl groups is 1. The maximum absolute atomic E-state index is 14.2. The van der Waals surface area contributed by atoms with Crippen LogP contribution in [0.2, 0.25) is 0 Å². The van der Waals surface area contributed by atoms with E-state index in [1.54, 1.807) is 91.0 Å². The molecule has 326 valence electrons. The number of carbonyl (C=O) groups is 7. The first-order chi connectivity index (χ1) is 29.4. The first kappa shape index (κ1) is 46.8. The van der Waals surface area contributed by atoms with Gasteiger partial charge in [-0.05, 0) is 29.5 Å². The van der Waals surface area contributed by atoms with Gasteiger partial charge in [-0.1, -0.05) is 91.0 Å². The highest BCUT2D eigenvalue weighted by atomic mass is 16.3. The van der Waals surface area contributed by atoms with Gasteiger partial charge in [0.1, 0.15) is 30.2 Å². The molecule has 3 aromatic carbocycles. The third kappa shape index (κ3) is 15.7. The van der Waals surface area contributed by atoms with Gasteiger partial charge in [-0.2, -0.15) is 0 Å². The Kier molecular flexibility index (Phi) is 18.6. The minimum atomic E-state index is -1.60. The first-order valence-electron chi connectivity index (χ1n) is 19.9. The van der Waals surface area contributed by atoms with Crippen LogP contribution in [0.15, 0.2) is 96.0 Å². The standard InChI is InChI=1S/C42H55N11O8/c43-24-35(55)47-25-36(56)48-32(22-28-13-6-2-7-14-28)39(59)52-34(26-54)41(61)51-33(23-29-15-8-3-9-16-29)40(60)49-30(17-18-46-42(45)53-19-10-20-53)38(58)50-31(37(44)57)21-27-11-4-1-5-12-27/h1-9,11-16,30-34,54H,10,17-26,43H2,(H2,44,57)(H2,45,46)(H,47,55)(H,48,56)(H,49,60)(H,50,58)(H,51,61)(H,52,59)/t30-,31-,32-,33-,34-/m0/s1. The van der Waals surface area contributed by atoms with E-state index in [0.29, 0.717) is 11.1 Å². The van der Waals surface area contributed by atoms with E-state index in [-0.39, 0.29) is 44.7 Å². The van der Waals surface area contributed by atoms with Crippen LogP contribution in [-0.2, 0) is 52.8 Å². The number of nitrogens with one attached hydrogen (secondary N) is 6. The zero-order valence-corrected chi connectivity index (χ0v) is 33.8. The first-order valence-corrected chi connectivity index (χ1v) is 19.9. The predicted molar refractivity (Wildman–Crippen MR) is 226 cm³/mol. The van der Waals surface area contributed by atoms with Crippen LogP contribution in [0, 0.1) is 0 Å². The Morgan fingerprint density at radius 3 is 1.48 bits per heavy atom. The summed E-state index contributed by atoms with van der Waals surface area (Å²) in [5, 5.41) is 25.6. The number of rotatable bonds is 23. The Labute approximate surface area is 353 Å². The molecular weight excluding hydrogens is 787 g/mol. The molecule has 5 atom stereocenters. The molecule has 0 spiro atoms. The zero-order valence-electron chi connectivity index (χ0n) is 33.8. The number of aliphatic imine (C=N–C) groups is 1. The number of primary amides is 1. The predicted octanol–water partition coefficient (Wildman–Crippen LogP) is -2.90. The Balaban J connectivity index is 1.53. The molecule has 1 aliphatic rings. The van der Waals surface area contributed by atoms with Crippen molar-refractivity contribution in [3.05, 3.63) is 108 Å². The molecule has 1 saturated heterocycles. The van der Waals surface area contributed by atoms with Crippen molar-refractivity contribution in [3.8, 4) is 0 Å². The van der Waals surface area contributed by atoms with Crippen molar-refractivity contribution in [2.45, 2.75) is 62.3 Å². The normalized spacial score (nSPS) is 14.7. The Hall–Kier alpha value is -6.86. The van der Waals surface area contributed by atoms with Gasteiger partial charge in [0.25, 0.3) is 0 Å². The molecule has 0 radical (unpaired) electrons. The molecule has 0 unspecified atom stereocenters. The third-order valence-corrected chi connectivity index (χ3v) is 9.74. The van der Waals surface area contributed by atoms with Crippen LogP contribution >= 0.6 is 0 Å². The lowest BCUT2D eigenvalue weighted by molar-refractivity contribution is -0.135. The van der Waals surface area contributed by atoms with Gasteiger partial charge in [0.05, 0.1) is 19.7 Å². The number of amides is 7. The minimum Gasteiger partial charge on any atom is -0.394 e. The van der Waals surface area contributed by atoms with Crippen LogP contribution in [0.3, 0.4) is 0 Å². The molecule has 19 heteroatoms.